The van der Waals surface area contributed by atoms with Crippen LogP contribution in [0.1, 0.15) is 6.92 Å². The van der Waals surface area contributed by atoms with Crippen molar-refractivity contribution in [1.29, 1.82) is 0 Å². The van der Waals surface area contributed by atoms with Gasteiger partial charge in [0, 0.05) is 26.1 Å². The number of halogens is 2. The molecule has 0 spiro atoms. The fraction of sp³-hybridized carbons (Fsp3) is 0.875. The third kappa shape index (κ3) is 3.55. The number of carbonyl (C=O) groups excluding carboxylic acids is 1. The molecular weight excluding hydrogens is 194 g/mol. The Labute approximate surface area is 81.0 Å². The number of hydrogen-bond donors (Lipinski definition) is 2. The molecule has 1 amide bonds. The third-order valence-corrected chi connectivity index (χ3v) is 1.91. The Morgan fingerprint density at radius 2 is 2.43 bits per heavy atom. The lowest BCUT2D eigenvalue weighted by Crippen LogP contribution is -2.50. The van der Waals surface area contributed by atoms with Crippen LogP contribution in [0.3, 0.4) is 0 Å². The van der Waals surface area contributed by atoms with Gasteiger partial charge in [0.25, 0.3) is 5.91 Å². The third-order valence-electron chi connectivity index (χ3n) is 1.91. The van der Waals surface area contributed by atoms with Crippen LogP contribution in [0.25, 0.3) is 0 Å². The van der Waals surface area contributed by atoms with Crippen LogP contribution < -0.4 is 10.6 Å². The van der Waals surface area contributed by atoms with Crippen LogP contribution >= 0.6 is 0 Å². The minimum Gasteiger partial charge on any atom is -0.378 e. The molecule has 6 heteroatoms. The molecule has 0 radical (unpaired) electrons. The fourth-order valence-corrected chi connectivity index (χ4v) is 1.12. The molecule has 1 saturated heterocycles. The molecule has 0 aliphatic carbocycles. The number of amides is 1. The number of nitrogens with one attached hydrogen (secondary N) is 2. The van der Waals surface area contributed by atoms with Gasteiger partial charge in [0.2, 0.25) is 0 Å². The summed E-state index contributed by atoms with van der Waals surface area (Å²) in [6, 6.07) is -0.0740. The number of ether oxygens (including phenoxy) is 1. The number of morpholine rings is 1. The molecule has 14 heavy (non-hydrogen) atoms. The van der Waals surface area contributed by atoms with Crippen molar-refractivity contribution in [2.45, 2.75) is 18.9 Å². The van der Waals surface area contributed by atoms with E-state index in [1.54, 1.807) is 0 Å². The second kappa shape index (κ2) is 4.65. The summed E-state index contributed by atoms with van der Waals surface area (Å²) in [5.74, 6) is -4.56. The van der Waals surface area contributed by atoms with E-state index in [2.05, 4.69) is 10.6 Å². The molecule has 1 atom stereocenters. The molecular formula is C8H14F2N2O2. The Kier molecular flexibility index (Phi) is 3.77. The standard InChI is InChI=1S/C8H14F2N2O2/c1-8(9,10)7(13)12-4-6-5-14-3-2-11-6/h6,11H,2-5H2,1H3,(H,12,13). The Hall–Kier alpha value is -0.750. The first-order valence-electron chi connectivity index (χ1n) is 4.47. The molecule has 0 aromatic carbocycles. The van der Waals surface area contributed by atoms with Crippen molar-refractivity contribution in [2.24, 2.45) is 0 Å². The molecule has 2 N–H and O–H groups in total. The van der Waals surface area contributed by atoms with Crippen molar-refractivity contribution in [3.05, 3.63) is 0 Å². The van der Waals surface area contributed by atoms with E-state index in [4.69, 9.17) is 4.74 Å². The zero-order valence-corrected chi connectivity index (χ0v) is 7.98. The summed E-state index contributed by atoms with van der Waals surface area (Å²) in [6.07, 6.45) is 0. The van der Waals surface area contributed by atoms with Gasteiger partial charge in [-0.25, -0.2) is 0 Å². The fourth-order valence-electron chi connectivity index (χ4n) is 1.12. The molecule has 1 heterocycles. The van der Waals surface area contributed by atoms with Crippen LogP contribution in [0, 0.1) is 0 Å². The molecule has 4 nitrogen and oxygen atoms in total. The molecule has 1 unspecified atom stereocenters. The topological polar surface area (TPSA) is 50.4 Å². The normalized spacial score (nSPS) is 23.2. The van der Waals surface area contributed by atoms with Crippen LogP contribution in [-0.2, 0) is 9.53 Å². The summed E-state index contributed by atoms with van der Waals surface area (Å²) in [4.78, 5) is 10.8. The van der Waals surface area contributed by atoms with Gasteiger partial charge in [-0.3, -0.25) is 4.79 Å². The molecule has 82 valence electrons. The van der Waals surface area contributed by atoms with Gasteiger partial charge in [-0.2, -0.15) is 8.78 Å². The smallest absolute Gasteiger partial charge is 0.321 e. The lowest BCUT2D eigenvalue weighted by molar-refractivity contribution is -0.143. The van der Waals surface area contributed by atoms with Gasteiger partial charge in [0.15, 0.2) is 0 Å². The second-order valence-corrected chi connectivity index (χ2v) is 3.32. The van der Waals surface area contributed by atoms with Crippen LogP contribution in [-0.4, -0.2) is 44.2 Å². The van der Waals surface area contributed by atoms with Gasteiger partial charge < -0.3 is 15.4 Å². The van der Waals surface area contributed by atoms with E-state index in [1.165, 1.54) is 0 Å². The highest BCUT2D eigenvalue weighted by Crippen LogP contribution is 2.10. The van der Waals surface area contributed by atoms with Crippen LogP contribution in [0.4, 0.5) is 8.78 Å². The largest absolute Gasteiger partial charge is 0.378 e. The minimum atomic E-state index is -3.31. The molecule has 0 bridgehead atoms. The van der Waals surface area contributed by atoms with Crippen LogP contribution in [0.15, 0.2) is 0 Å². The summed E-state index contributed by atoms with van der Waals surface area (Å²) in [5.41, 5.74) is 0. The average molecular weight is 208 g/mol. The van der Waals surface area contributed by atoms with E-state index >= 15 is 0 Å². The molecule has 0 aromatic rings. The average Bonchev–Trinajstić information content (AvgIpc) is 2.14. The maximum atomic E-state index is 12.4. The molecule has 1 rings (SSSR count). The first kappa shape index (κ1) is 11.3. The van der Waals surface area contributed by atoms with Crippen molar-refractivity contribution >= 4 is 5.91 Å². The van der Waals surface area contributed by atoms with Crippen molar-refractivity contribution in [3.8, 4) is 0 Å². The number of rotatable bonds is 3. The predicted molar refractivity (Wildman–Crippen MR) is 46.2 cm³/mol. The highest BCUT2D eigenvalue weighted by molar-refractivity contribution is 5.82. The molecule has 0 saturated carbocycles. The number of alkyl halides is 2. The Morgan fingerprint density at radius 1 is 1.71 bits per heavy atom. The van der Waals surface area contributed by atoms with Crippen molar-refractivity contribution in [1.82, 2.24) is 10.6 Å². The molecule has 1 fully saturated rings. The summed E-state index contributed by atoms with van der Waals surface area (Å²) in [7, 11) is 0. The van der Waals surface area contributed by atoms with E-state index in [0.717, 1.165) is 0 Å². The molecule has 1 aliphatic heterocycles. The van der Waals surface area contributed by atoms with E-state index in [1.807, 2.05) is 0 Å². The summed E-state index contributed by atoms with van der Waals surface area (Å²) >= 11 is 0. The van der Waals surface area contributed by atoms with Crippen molar-refractivity contribution < 1.29 is 18.3 Å². The van der Waals surface area contributed by atoms with Gasteiger partial charge >= 0.3 is 5.92 Å². The Morgan fingerprint density at radius 3 is 2.93 bits per heavy atom. The maximum absolute atomic E-state index is 12.4. The lowest BCUT2D eigenvalue weighted by atomic mass is 10.2. The van der Waals surface area contributed by atoms with Crippen LogP contribution in [0.2, 0.25) is 0 Å². The summed E-state index contributed by atoms with van der Waals surface area (Å²) < 4.78 is 29.9. The summed E-state index contributed by atoms with van der Waals surface area (Å²) in [6.45, 7) is 2.49. The van der Waals surface area contributed by atoms with Gasteiger partial charge in [-0.05, 0) is 0 Å². The zero-order chi connectivity index (χ0) is 10.6. The van der Waals surface area contributed by atoms with E-state index in [-0.39, 0.29) is 12.6 Å². The SMILES string of the molecule is CC(F)(F)C(=O)NCC1COCCN1. The molecule has 1 aliphatic rings. The van der Waals surface area contributed by atoms with Gasteiger partial charge in [-0.15, -0.1) is 0 Å². The Bertz CT molecular complexity index is 200. The van der Waals surface area contributed by atoms with Crippen molar-refractivity contribution in [2.75, 3.05) is 26.3 Å². The maximum Gasteiger partial charge on any atom is 0.321 e. The quantitative estimate of drug-likeness (QED) is 0.672. The monoisotopic (exact) mass is 208 g/mol. The molecule has 0 aromatic heterocycles. The van der Waals surface area contributed by atoms with E-state index in [0.29, 0.717) is 26.7 Å². The van der Waals surface area contributed by atoms with E-state index < -0.39 is 11.8 Å². The Balaban J connectivity index is 2.22. The van der Waals surface area contributed by atoms with Gasteiger partial charge in [0.05, 0.1) is 13.2 Å². The highest BCUT2D eigenvalue weighted by atomic mass is 19.3. The first-order chi connectivity index (χ1) is 6.50. The van der Waals surface area contributed by atoms with Gasteiger partial charge in [-0.1, -0.05) is 0 Å². The summed E-state index contributed by atoms with van der Waals surface area (Å²) in [5, 5.41) is 5.20. The van der Waals surface area contributed by atoms with Gasteiger partial charge in [0.1, 0.15) is 0 Å². The zero-order valence-electron chi connectivity index (χ0n) is 7.98. The number of carbonyl (C=O) groups is 1. The van der Waals surface area contributed by atoms with Crippen molar-refractivity contribution in [3.63, 3.8) is 0 Å². The minimum absolute atomic E-state index is 0.0740. The lowest BCUT2D eigenvalue weighted by Gasteiger charge is -2.24. The van der Waals surface area contributed by atoms with Crippen LogP contribution in [0.5, 0.6) is 0 Å². The van der Waals surface area contributed by atoms with E-state index in [9.17, 15) is 13.6 Å². The first-order valence-corrected chi connectivity index (χ1v) is 4.47. The predicted octanol–water partition coefficient (Wildman–Crippen LogP) is -0.254. The highest BCUT2D eigenvalue weighted by Gasteiger charge is 2.32. The second-order valence-electron chi connectivity index (χ2n) is 3.32. The number of hydrogen-bond acceptors (Lipinski definition) is 3.